The molecule has 94 valence electrons. The molecule has 0 radical (unpaired) electrons. The van der Waals surface area contributed by atoms with Gasteiger partial charge in [-0.25, -0.2) is 4.79 Å². The Bertz CT molecular complexity index is 365. The lowest BCUT2D eigenvalue weighted by Crippen LogP contribution is -2.02. The zero-order valence-corrected chi connectivity index (χ0v) is 10.8. The summed E-state index contributed by atoms with van der Waals surface area (Å²) < 4.78 is 4.96. The van der Waals surface area contributed by atoms with Crippen LogP contribution in [0.3, 0.4) is 0 Å². The van der Waals surface area contributed by atoms with Crippen molar-refractivity contribution in [2.45, 2.75) is 26.7 Å². The molecule has 0 aliphatic rings. The van der Waals surface area contributed by atoms with E-state index in [9.17, 15) is 4.79 Å². The number of aliphatic carboxylic acids is 1. The lowest BCUT2D eigenvalue weighted by atomic mass is 10.2. The van der Waals surface area contributed by atoms with Crippen molar-refractivity contribution in [3.63, 3.8) is 0 Å². The Hall–Kier alpha value is -1.48. The van der Waals surface area contributed by atoms with Crippen molar-refractivity contribution < 1.29 is 14.6 Å². The van der Waals surface area contributed by atoms with E-state index in [2.05, 4.69) is 13.5 Å². The number of carbonyl (C=O) groups is 1. The second-order valence-corrected chi connectivity index (χ2v) is 3.81. The van der Waals surface area contributed by atoms with Crippen molar-refractivity contribution in [1.29, 1.82) is 0 Å². The molecule has 0 aromatic heterocycles. The third-order valence-corrected chi connectivity index (χ3v) is 2.06. The van der Waals surface area contributed by atoms with Crippen LogP contribution in [-0.4, -0.2) is 11.1 Å². The maximum absolute atomic E-state index is 10.9. The van der Waals surface area contributed by atoms with E-state index in [0.717, 1.165) is 24.7 Å². The van der Waals surface area contributed by atoms with Gasteiger partial charge in [-0.3, -0.25) is 0 Å². The highest BCUT2D eigenvalue weighted by atomic mass is 35.5. The summed E-state index contributed by atoms with van der Waals surface area (Å²) in [6, 6.07) is 0. The molecule has 0 atom stereocenters. The number of ether oxygens (including phenoxy) is 1. The summed E-state index contributed by atoms with van der Waals surface area (Å²) in [7, 11) is 0. The molecule has 0 bridgehead atoms. The molecule has 0 saturated carbocycles. The zero-order valence-electron chi connectivity index (χ0n) is 10.1. The van der Waals surface area contributed by atoms with Gasteiger partial charge in [-0.05, 0) is 25.5 Å². The third kappa shape index (κ3) is 7.41. The minimum absolute atomic E-state index is 0.171. The van der Waals surface area contributed by atoms with E-state index in [1.54, 1.807) is 0 Å². The fourth-order valence-electron chi connectivity index (χ4n) is 0.952. The number of rotatable bonds is 7. The van der Waals surface area contributed by atoms with Crippen molar-refractivity contribution in [3.8, 4) is 0 Å². The fraction of sp³-hybridized carbons (Fsp3) is 0.308. The summed E-state index contributed by atoms with van der Waals surface area (Å²) in [5.74, 6) is -1.31. The topological polar surface area (TPSA) is 46.5 Å². The Morgan fingerprint density at radius 3 is 2.65 bits per heavy atom. The number of allylic oxidation sites excluding steroid dienone is 5. The number of carboxylic acids is 1. The molecule has 17 heavy (non-hydrogen) atoms. The van der Waals surface area contributed by atoms with E-state index in [4.69, 9.17) is 21.4 Å². The molecule has 0 amide bonds. The molecule has 0 saturated heterocycles. The molecule has 0 heterocycles. The maximum Gasteiger partial charge on any atom is 0.371 e. The van der Waals surface area contributed by atoms with Gasteiger partial charge in [0.1, 0.15) is 6.26 Å². The molecular formula is C13H17ClO3. The summed E-state index contributed by atoms with van der Waals surface area (Å²) in [4.78, 5) is 10.9. The molecule has 0 aliphatic carbocycles. The normalized spacial score (nSPS) is 13.5. The Labute approximate surface area is 107 Å². The van der Waals surface area contributed by atoms with E-state index in [0.29, 0.717) is 0 Å². The first-order chi connectivity index (χ1) is 8.01. The molecule has 0 aromatic rings. The predicted molar refractivity (Wildman–Crippen MR) is 69.6 cm³/mol. The van der Waals surface area contributed by atoms with Crippen molar-refractivity contribution in [2.24, 2.45) is 0 Å². The highest BCUT2D eigenvalue weighted by Gasteiger charge is 2.07. The number of carboxylic acid groups (broad SMARTS) is 1. The maximum atomic E-state index is 10.9. The van der Waals surface area contributed by atoms with Crippen LogP contribution in [0.25, 0.3) is 0 Å². The molecule has 1 N–H and O–H groups in total. The summed E-state index contributed by atoms with van der Waals surface area (Å²) >= 11 is 5.62. The molecule has 3 nitrogen and oxygen atoms in total. The minimum atomic E-state index is -1.14. The van der Waals surface area contributed by atoms with E-state index in [-0.39, 0.29) is 10.8 Å². The fourth-order valence-corrected chi connectivity index (χ4v) is 0.996. The lowest BCUT2D eigenvalue weighted by molar-refractivity contribution is -0.135. The van der Waals surface area contributed by atoms with Gasteiger partial charge in [0.25, 0.3) is 0 Å². The molecule has 0 aliphatic heterocycles. The van der Waals surface area contributed by atoms with Crippen LogP contribution in [0.15, 0.2) is 47.4 Å². The molecule has 0 unspecified atom stereocenters. The smallest absolute Gasteiger partial charge is 0.371 e. The largest absolute Gasteiger partial charge is 0.475 e. The van der Waals surface area contributed by atoms with Crippen LogP contribution >= 0.6 is 11.6 Å². The molecule has 4 heteroatoms. The first-order valence-electron chi connectivity index (χ1n) is 5.27. The van der Waals surface area contributed by atoms with Crippen LogP contribution in [0.4, 0.5) is 0 Å². The molecule has 0 spiro atoms. The summed E-state index contributed by atoms with van der Waals surface area (Å²) in [5.41, 5.74) is 0.840. The summed E-state index contributed by atoms with van der Waals surface area (Å²) in [6.07, 6.45) is 7.82. The van der Waals surface area contributed by atoms with Crippen molar-refractivity contribution in [1.82, 2.24) is 0 Å². The number of unbranched alkanes of at least 4 members (excludes halogenated alkanes) is 1. The second-order valence-electron chi connectivity index (χ2n) is 3.38. The van der Waals surface area contributed by atoms with Crippen molar-refractivity contribution in [2.75, 3.05) is 0 Å². The highest BCUT2D eigenvalue weighted by molar-refractivity contribution is 6.31. The molecular weight excluding hydrogens is 240 g/mol. The van der Waals surface area contributed by atoms with Crippen LogP contribution in [0.1, 0.15) is 26.7 Å². The highest BCUT2D eigenvalue weighted by Crippen LogP contribution is 2.10. The molecule has 0 rings (SSSR count). The Balaban J connectivity index is 4.80. The number of halogens is 1. The molecule has 0 fully saturated rings. The van der Waals surface area contributed by atoms with Crippen molar-refractivity contribution in [3.05, 3.63) is 47.4 Å². The first-order valence-corrected chi connectivity index (χ1v) is 5.65. The third-order valence-electron chi connectivity index (χ3n) is 1.82. The van der Waals surface area contributed by atoms with Crippen LogP contribution < -0.4 is 0 Å². The van der Waals surface area contributed by atoms with Gasteiger partial charge < -0.3 is 9.84 Å². The van der Waals surface area contributed by atoms with Crippen LogP contribution in [-0.2, 0) is 9.53 Å². The van der Waals surface area contributed by atoms with Gasteiger partial charge >= 0.3 is 5.97 Å². The monoisotopic (exact) mass is 256 g/mol. The van der Waals surface area contributed by atoms with E-state index in [1.807, 2.05) is 13.0 Å². The number of hydrogen-bond donors (Lipinski definition) is 1. The quantitative estimate of drug-likeness (QED) is 0.426. The van der Waals surface area contributed by atoms with Gasteiger partial charge in [0.2, 0.25) is 5.76 Å². The van der Waals surface area contributed by atoms with E-state index < -0.39 is 5.97 Å². The van der Waals surface area contributed by atoms with Gasteiger partial charge in [0.05, 0.1) is 5.03 Å². The summed E-state index contributed by atoms with van der Waals surface area (Å²) in [5, 5.41) is 9.16. The van der Waals surface area contributed by atoms with Gasteiger partial charge in [-0.1, -0.05) is 43.2 Å². The van der Waals surface area contributed by atoms with Crippen LogP contribution in [0.2, 0.25) is 0 Å². The predicted octanol–water partition coefficient (Wildman–Crippen LogP) is 3.98. The first kappa shape index (κ1) is 15.5. The van der Waals surface area contributed by atoms with E-state index in [1.165, 1.54) is 12.2 Å². The Morgan fingerprint density at radius 1 is 1.53 bits per heavy atom. The van der Waals surface area contributed by atoms with Gasteiger partial charge in [-0.15, -0.1) is 0 Å². The van der Waals surface area contributed by atoms with Gasteiger partial charge in [-0.2, -0.15) is 0 Å². The lowest BCUT2D eigenvalue weighted by Gasteiger charge is -2.02. The van der Waals surface area contributed by atoms with Crippen LogP contribution in [0.5, 0.6) is 0 Å². The average molecular weight is 257 g/mol. The second kappa shape index (κ2) is 8.65. The van der Waals surface area contributed by atoms with Crippen molar-refractivity contribution >= 4 is 17.6 Å². The SMILES string of the molecule is C=C/C(Cl)=C/O/C(=C\C(C)=C\CCC)C(=O)O. The van der Waals surface area contributed by atoms with E-state index >= 15 is 0 Å². The van der Waals surface area contributed by atoms with Gasteiger partial charge in [0.15, 0.2) is 0 Å². The Morgan fingerprint density at radius 2 is 2.18 bits per heavy atom. The molecule has 0 aromatic carbocycles. The Kier molecular flexibility index (Phi) is 7.89. The number of hydrogen-bond acceptors (Lipinski definition) is 2. The standard InChI is InChI=1S/C13H17ClO3/c1-4-6-7-10(3)8-12(13(15)16)17-9-11(14)5-2/h5,7-9H,2,4,6H2,1,3H3,(H,15,16)/b10-7+,11-9-,12-8-. The van der Waals surface area contributed by atoms with Gasteiger partial charge in [0, 0.05) is 0 Å². The average Bonchev–Trinajstić information content (AvgIpc) is 2.30. The summed E-state index contributed by atoms with van der Waals surface area (Å²) in [6.45, 7) is 7.30. The van der Waals surface area contributed by atoms with Crippen LogP contribution in [0, 0.1) is 0 Å². The zero-order chi connectivity index (χ0) is 13.3. The minimum Gasteiger partial charge on any atom is -0.475 e.